The smallest absolute Gasteiger partial charge is 0.00126 e. The van der Waals surface area contributed by atoms with Gasteiger partial charge in [0.15, 0.2) is 0 Å². The maximum absolute atomic E-state index is 2.52. The molecule has 0 N–H and O–H groups in total. The fraction of sp³-hybridized carbons (Fsp3) is 0.846. The summed E-state index contributed by atoms with van der Waals surface area (Å²) in [7, 11) is 4.33. The molecule has 0 saturated heterocycles. The molecule has 2 bridgehead atoms. The summed E-state index contributed by atoms with van der Waals surface area (Å²) in [6.07, 6.45) is 6.61. The lowest BCUT2D eigenvalue weighted by atomic mass is 9.48. The van der Waals surface area contributed by atoms with Crippen molar-refractivity contribution in [3.8, 4) is 0 Å². The Hall–Kier alpha value is -0.300. The molecule has 0 heterocycles. The molecule has 1 saturated carbocycles. The van der Waals surface area contributed by atoms with Gasteiger partial charge in [0, 0.05) is 6.54 Å². The first-order valence-corrected chi connectivity index (χ1v) is 5.85. The van der Waals surface area contributed by atoms with E-state index in [1.54, 1.807) is 5.57 Å². The lowest BCUT2D eigenvalue weighted by molar-refractivity contribution is -0.00866. The van der Waals surface area contributed by atoms with Gasteiger partial charge in [0.2, 0.25) is 0 Å². The van der Waals surface area contributed by atoms with E-state index in [1.807, 2.05) is 0 Å². The van der Waals surface area contributed by atoms with Crippen molar-refractivity contribution in [2.75, 3.05) is 20.6 Å². The number of hydrogen-bond donors (Lipinski definition) is 0. The Morgan fingerprint density at radius 2 is 2.14 bits per heavy atom. The maximum atomic E-state index is 2.52. The fourth-order valence-electron chi connectivity index (χ4n) is 3.11. The minimum Gasteiger partial charge on any atom is -0.309 e. The van der Waals surface area contributed by atoms with Crippen molar-refractivity contribution < 1.29 is 0 Å². The van der Waals surface area contributed by atoms with Gasteiger partial charge in [-0.2, -0.15) is 0 Å². The number of hydrogen-bond acceptors (Lipinski definition) is 1. The molecule has 0 amide bonds. The third-order valence-corrected chi connectivity index (χ3v) is 4.43. The van der Waals surface area contributed by atoms with Crippen LogP contribution in [0.5, 0.6) is 0 Å². The van der Waals surface area contributed by atoms with E-state index >= 15 is 0 Å². The molecule has 0 aromatic heterocycles. The Morgan fingerprint density at radius 1 is 1.43 bits per heavy atom. The van der Waals surface area contributed by atoms with Gasteiger partial charge in [0.05, 0.1) is 0 Å². The van der Waals surface area contributed by atoms with Crippen molar-refractivity contribution in [3.63, 3.8) is 0 Å². The highest BCUT2D eigenvalue weighted by atomic mass is 15.0. The van der Waals surface area contributed by atoms with E-state index in [2.05, 4.69) is 38.9 Å². The highest BCUT2D eigenvalue weighted by Gasteiger charge is 2.50. The molecular formula is C13H23N. The third kappa shape index (κ3) is 1.52. The quantitative estimate of drug-likeness (QED) is 0.623. The molecule has 0 radical (unpaired) electrons. The Bertz CT molecular complexity index is 250. The largest absolute Gasteiger partial charge is 0.309 e. The van der Waals surface area contributed by atoms with E-state index < -0.39 is 0 Å². The van der Waals surface area contributed by atoms with Gasteiger partial charge < -0.3 is 4.90 Å². The second-order valence-corrected chi connectivity index (χ2v) is 5.87. The van der Waals surface area contributed by atoms with Gasteiger partial charge >= 0.3 is 0 Å². The first-order chi connectivity index (χ1) is 6.51. The van der Waals surface area contributed by atoms with Crippen molar-refractivity contribution in [2.45, 2.75) is 33.1 Å². The fourth-order valence-corrected chi connectivity index (χ4v) is 3.11. The zero-order valence-electron chi connectivity index (χ0n) is 10.0. The van der Waals surface area contributed by atoms with Crippen LogP contribution >= 0.6 is 0 Å². The molecule has 3 rings (SSSR count). The predicted molar refractivity (Wildman–Crippen MR) is 61.2 cm³/mol. The first kappa shape index (κ1) is 10.2. The Balaban J connectivity index is 1.97. The van der Waals surface area contributed by atoms with E-state index in [-0.39, 0.29) is 0 Å². The second kappa shape index (κ2) is 3.37. The summed E-state index contributed by atoms with van der Waals surface area (Å²) in [5.74, 6) is 1.89. The topological polar surface area (TPSA) is 3.24 Å². The molecule has 3 aliphatic rings. The standard InChI is InChI=1S/C13H23N/c1-13(2)11-6-5-10(12(13)9-11)7-8-14(3)4/h5,11-12H,6-9H2,1-4H3. The minimum absolute atomic E-state index is 0.608. The SMILES string of the molecule is CN(C)CCC1=CCC2CC1C2(C)C. The highest BCUT2D eigenvalue weighted by Crippen LogP contribution is 2.59. The monoisotopic (exact) mass is 193 g/mol. The predicted octanol–water partition coefficient (Wildman–Crippen LogP) is 2.93. The molecule has 0 spiro atoms. The Labute approximate surface area is 88.2 Å². The molecule has 0 aliphatic heterocycles. The van der Waals surface area contributed by atoms with E-state index in [0.29, 0.717) is 5.41 Å². The van der Waals surface area contributed by atoms with Crippen LogP contribution in [0, 0.1) is 17.3 Å². The van der Waals surface area contributed by atoms with Crippen LogP contribution in [0.4, 0.5) is 0 Å². The van der Waals surface area contributed by atoms with Crippen LogP contribution in [0.25, 0.3) is 0 Å². The lowest BCUT2D eigenvalue weighted by Crippen LogP contribution is -2.48. The summed E-state index contributed by atoms with van der Waals surface area (Å²) in [6.45, 7) is 6.12. The van der Waals surface area contributed by atoms with Gasteiger partial charge in [0.1, 0.15) is 0 Å². The normalized spacial score (nSPS) is 33.9. The molecule has 3 aliphatic carbocycles. The Kier molecular flexibility index (Phi) is 2.46. The van der Waals surface area contributed by atoms with Gasteiger partial charge in [-0.3, -0.25) is 0 Å². The summed E-state index contributed by atoms with van der Waals surface area (Å²) >= 11 is 0. The van der Waals surface area contributed by atoms with E-state index in [0.717, 1.165) is 11.8 Å². The molecule has 80 valence electrons. The molecule has 0 aromatic carbocycles. The Morgan fingerprint density at radius 3 is 2.64 bits per heavy atom. The van der Waals surface area contributed by atoms with Gasteiger partial charge in [-0.25, -0.2) is 0 Å². The van der Waals surface area contributed by atoms with Crippen molar-refractivity contribution in [3.05, 3.63) is 11.6 Å². The zero-order chi connectivity index (χ0) is 10.3. The van der Waals surface area contributed by atoms with Crippen molar-refractivity contribution in [1.29, 1.82) is 0 Å². The van der Waals surface area contributed by atoms with Crippen LogP contribution < -0.4 is 0 Å². The molecule has 2 atom stereocenters. The molecule has 1 heteroatoms. The van der Waals surface area contributed by atoms with E-state index in [9.17, 15) is 0 Å². The average molecular weight is 193 g/mol. The highest BCUT2D eigenvalue weighted by molar-refractivity contribution is 5.23. The lowest BCUT2D eigenvalue weighted by Gasteiger charge is -2.56. The van der Waals surface area contributed by atoms with Crippen LogP contribution in [-0.4, -0.2) is 25.5 Å². The van der Waals surface area contributed by atoms with Crippen LogP contribution in [-0.2, 0) is 0 Å². The number of rotatable bonds is 3. The van der Waals surface area contributed by atoms with Gasteiger partial charge in [-0.1, -0.05) is 25.5 Å². The summed E-state index contributed by atoms with van der Waals surface area (Å²) in [5.41, 5.74) is 2.35. The summed E-state index contributed by atoms with van der Waals surface area (Å²) < 4.78 is 0. The first-order valence-electron chi connectivity index (χ1n) is 5.85. The van der Waals surface area contributed by atoms with Gasteiger partial charge in [-0.15, -0.1) is 0 Å². The van der Waals surface area contributed by atoms with Gasteiger partial charge in [-0.05, 0) is 50.6 Å². The number of nitrogens with zero attached hydrogens (tertiary/aromatic N) is 1. The summed E-state index contributed by atoms with van der Waals surface area (Å²) in [5, 5.41) is 0. The summed E-state index contributed by atoms with van der Waals surface area (Å²) in [6, 6.07) is 0. The third-order valence-electron chi connectivity index (χ3n) is 4.43. The molecule has 1 fully saturated rings. The molecule has 0 aromatic rings. The minimum atomic E-state index is 0.608. The average Bonchev–Trinajstić information content (AvgIpc) is 2.14. The maximum Gasteiger partial charge on any atom is 0.00126 e. The van der Waals surface area contributed by atoms with Crippen LogP contribution in [0.15, 0.2) is 11.6 Å². The molecule has 1 nitrogen and oxygen atoms in total. The van der Waals surface area contributed by atoms with Crippen LogP contribution in [0.2, 0.25) is 0 Å². The molecule has 14 heavy (non-hydrogen) atoms. The van der Waals surface area contributed by atoms with Crippen LogP contribution in [0.3, 0.4) is 0 Å². The van der Waals surface area contributed by atoms with E-state index in [4.69, 9.17) is 0 Å². The number of fused-ring (bicyclic) bond motifs is 1. The molecule has 2 unspecified atom stereocenters. The van der Waals surface area contributed by atoms with Crippen molar-refractivity contribution in [1.82, 2.24) is 4.90 Å². The second-order valence-electron chi connectivity index (χ2n) is 5.87. The van der Waals surface area contributed by atoms with Crippen molar-refractivity contribution >= 4 is 0 Å². The van der Waals surface area contributed by atoms with Crippen LogP contribution in [0.1, 0.15) is 33.1 Å². The number of allylic oxidation sites excluding steroid dienone is 1. The summed E-state index contributed by atoms with van der Waals surface area (Å²) in [4.78, 5) is 2.29. The van der Waals surface area contributed by atoms with Crippen molar-refractivity contribution in [2.24, 2.45) is 17.3 Å². The van der Waals surface area contributed by atoms with E-state index in [1.165, 1.54) is 25.8 Å². The zero-order valence-corrected chi connectivity index (χ0v) is 10.0. The molecular weight excluding hydrogens is 170 g/mol. The van der Waals surface area contributed by atoms with Gasteiger partial charge in [0.25, 0.3) is 0 Å².